The molecule has 0 bridgehead atoms. The molecular weight excluding hydrogens is 194 g/mol. The van der Waals surface area contributed by atoms with Gasteiger partial charge in [0, 0.05) is 6.04 Å². The van der Waals surface area contributed by atoms with Gasteiger partial charge in [-0.25, -0.2) is 0 Å². The molecule has 84 valence electrons. The van der Waals surface area contributed by atoms with Gasteiger partial charge in [-0.1, -0.05) is 49.4 Å². The molecule has 0 saturated carbocycles. The Morgan fingerprint density at radius 2 is 1.81 bits per heavy atom. The first-order chi connectivity index (χ1) is 7.79. The average Bonchev–Trinajstić information content (AvgIpc) is 2.29. The molecule has 2 aromatic rings. The minimum Gasteiger partial charge on any atom is -0.314 e. The number of rotatable bonds is 4. The van der Waals surface area contributed by atoms with Crippen LogP contribution in [-0.2, 0) is 6.42 Å². The summed E-state index contributed by atoms with van der Waals surface area (Å²) in [6, 6.07) is 15.8. The van der Waals surface area contributed by atoms with Gasteiger partial charge in [-0.2, -0.15) is 0 Å². The molecule has 0 aliphatic heterocycles. The van der Waals surface area contributed by atoms with Gasteiger partial charge < -0.3 is 5.32 Å². The van der Waals surface area contributed by atoms with Crippen LogP contribution in [0.3, 0.4) is 0 Å². The van der Waals surface area contributed by atoms with Crippen molar-refractivity contribution >= 4 is 10.8 Å². The molecule has 0 unspecified atom stereocenters. The van der Waals surface area contributed by atoms with Crippen LogP contribution in [0.5, 0.6) is 0 Å². The Hall–Kier alpha value is -1.34. The molecule has 1 nitrogen and oxygen atoms in total. The molecule has 1 N–H and O–H groups in total. The molecule has 16 heavy (non-hydrogen) atoms. The molecule has 0 spiro atoms. The van der Waals surface area contributed by atoms with E-state index < -0.39 is 0 Å². The first kappa shape index (κ1) is 11.2. The van der Waals surface area contributed by atoms with E-state index in [0.29, 0.717) is 6.04 Å². The van der Waals surface area contributed by atoms with E-state index in [1.807, 2.05) is 0 Å². The lowest BCUT2D eigenvalue weighted by Gasteiger charge is -2.12. The Morgan fingerprint density at radius 3 is 2.56 bits per heavy atom. The fourth-order valence-electron chi connectivity index (χ4n) is 2.14. The Bertz CT molecular complexity index is 462. The van der Waals surface area contributed by atoms with Crippen LogP contribution in [0.1, 0.15) is 19.4 Å². The van der Waals surface area contributed by atoms with Gasteiger partial charge in [0.25, 0.3) is 0 Å². The Morgan fingerprint density at radius 1 is 1.06 bits per heavy atom. The van der Waals surface area contributed by atoms with Gasteiger partial charge >= 0.3 is 0 Å². The van der Waals surface area contributed by atoms with E-state index in [4.69, 9.17) is 0 Å². The number of hydrogen-bond donors (Lipinski definition) is 1. The van der Waals surface area contributed by atoms with Crippen molar-refractivity contribution < 1.29 is 0 Å². The average molecular weight is 213 g/mol. The number of fused-ring (bicyclic) bond motifs is 1. The molecule has 0 saturated heterocycles. The summed E-state index contributed by atoms with van der Waals surface area (Å²) in [5.41, 5.74) is 1.41. The van der Waals surface area contributed by atoms with Gasteiger partial charge in [-0.3, -0.25) is 0 Å². The first-order valence-electron chi connectivity index (χ1n) is 6.00. The highest BCUT2D eigenvalue weighted by molar-refractivity contribution is 5.82. The monoisotopic (exact) mass is 213 g/mol. The quantitative estimate of drug-likeness (QED) is 0.821. The third-order valence-electron chi connectivity index (χ3n) is 2.91. The second kappa shape index (κ2) is 5.13. The third kappa shape index (κ3) is 2.61. The van der Waals surface area contributed by atoms with Gasteiger partial charge in [0.1, 0.15) is 0 Å². The molecule has 0 aromatic heterocycles. The van der Waals surface area contributed by atoms with Gasteiger partial charge in [0.2, 0.25) is 0 Å². The van der Waals surface area contributed by atoms with E-state index in [-0.39, 0.29) is 0 Å². The normalized spacial score (nSPS) is 12.9. The highest BCUT2D eigenvalue weighted by Gasteiger charge is 2.02. The lowest BCUT2D eigenvalue weighted by molar-refractivity contribution is 0.565. The molecule has 0 amide bonds. The molecule has 0 heterocycles. The molecule has 1 atom stereocenters. The Labute approximate surface area is 97.5 Å². The highest BCUT2D eigenvalue weighted by atomic mass is 14.9. The van der Waals surface area contributed by atoms with Crippen LogP contribution in [0.4, 0.5) is 0 Å². The summed E-state index contributed by atoms with van der Waals surface area (Å²) in [5.74, 6) is 0. The molecule has 2 aromatic carbocycles. The van der Waals surface area contributed by atoms with E-state index in [1.54, 1.807) is 0 Å². The second-order valence-electron chi connectivity index (χ2n) is 4.34. The summed E-state index contributed by atoms with van der Waals surface area (Å²) in [4.78, 5) is 0. The smallest absolute Gasteiger partial charge is 0.00790 e. The molecular formula is C15H19N. The third-order valence-corrected chi connectivity index (χ3v) is 2.91. The standard InChI is InChI=1S/C15H19N/c1-3-16-12(2)10-13-8-9-14-6-4-5-7-15(14)11-13/h4-9,11-12,16H,3,10H2,1-2H3/t12-/m0/s1. The van der Waals surface area contributed by atoms with Gasteiger partial charge in [0.15, 0.2) is 0 Å². The maximum Gasteiger partial charge on any atom is 0.00790 e. The van der Waals surface area contributed by atoms with Crippen molar-refractivity contribution in [2.24, 2.45) is 0 Å². The highest BCUT2D eigenvalue weighted by Crippen LogP contribution is 2.16. The zero-order valence-electron chi connectivity index (χ0n) is 10.0. The van der Waals surface area contributed by atoms with Crippen LogP contribution in [0.2, 0.25) is 0 Å². The van der Waals surface area contributed by atoms with E-state index in [9.17, 15) is 0 Å². The van der Waals surface area contributed by atoms with Crippen LogP contribution < -0.4 is 5.32 Å². The number of benzene rings is 2. The summed E-state index contributed by atoms with van der Waals surface area (Å²) in [6.45, 7) is 5.42. The minimum absolute atomic E-state index is 0.547. The largest absolute Gasteiger partial charge is 0.314 e. The lowest BCUT2D eigenvalue weighted by atomic mass is 10.0. The van der Waals surface area contributed by atoms with Gasteiger partial charge in [-0.15, -0.1) is 0 Å². The first-order valence-corrected chi connectivity index (χ1v) is 6.00. The van der Waals surface area contributed by atoms with Crippen molar-refractivity contribution in [2.75, 3.05) is 6.54 Å². The topological polar surface area (TPSA) is 12.0 Å². The Balaban J connectivity index is 2.19. The zero-order valence-corrected chi connectivity index (χ0v) is 10.0. The molecule has 2 rings (SSSR count). The van der Waals surface area contributed by atoms with Crippen LogP contribution in [0.25, 0.3) is 10.8 Å². The van der Waals surface area contributed by atoms with Crippen LogP contribution >= 0.6 is 0 Å². The summed E-state index contributed by atoms with van der Waals surface area (Å²) in [6.07, 6.45) is 1.10. The summed E-state index contributed by atoms with van der Waals surface area (Å²) in [7, 11) is 0. The minimum atomic E-state index is 0.547. The molecule has 1 heteroatoms. The lowest BCUT2D eigenvalue weighted by Crippen LogP contribution is -2.27. The van der Waals surface area contributed by atoms with Crippen LogP contribution in [0.15, 0.2) is 42.5 Å². The number of nitrogens with one attached hydrogen (secondary N) is 1. The predicted octanol–water partition coefficient (Wildman–Crippen LogP) is 3.38. The maximum atomic E-state index is 3.44. The van der Waals surface area contributed by atoms with Crippen molar-refractivity contribution in [1.82, 2.24) is 5.32 Å². The summed E-state index contributed by atoms with van der Waals surface area (Å²) < 4.78 is 0. The van der Waals surface area contributed by atoms with Crippen molar-refractivity contribution in [3.8, 4) is 0 Å². The SMILES string of the molecule is CCN[C@@H](C)Cc1ccc2ccccc2c1. The summed E-state index contributed by atoms with van der Waals surface area (Å²) >= 11 is 0. The second-order valence-corrected chi connectivity index (χ2v) is 4.34. The van der Waals surface area contributed by atoms with Crippen LogP contribution in [0, 0.1) is 0 Å². The van der Waals surface area contributed by atoms with E-state index in [0.717, 1.165) is 13.0 Å². The van der Waals surface area contributed by atoms with Gasteiger partial charge in [0.05, 0.1) is 0 Å². The van der Waals surface area contributed by atoms with E-state index in [2.05, 4.69) is 61.6 Å². The van der Waals surface area contributed by atoms with E-state index in [1.165, 1.54) is 16.3 Å². The van der Waals surface area contributed by atoms with Gasteiger partial charge in [-0.05, 0) is 36.2 Å². The Kier molecular flexibility index (Phi) is 3.58. The molecule has 0 aliphatic carbocycles. The molecule has 0 radical (unpaired) electrons. The summed E-state index contributed by atoms with van der Waals surface area (Å²) in [5, 5.41) is 6.10. The maximum absolute atomic E-state index is 3.44. The molecule has 0 fully saturated rings. The van der Waals surface area contributed by atoms with Crippen LogP contribution in [-0.4, -0.2) is 12.6 Å². The van der Waals surface area contributed by atoms with Crippen molar-refractivity contribution in [2.45, 2.75) is 26.3 Å². The zero-order chi connectivity index (χ0) is 11.4. The van der Waals surface area contributed by atoms with Crippen molar-refractivity contribution in [3.63, 3.8) is 0 Å². The number of hydrogen-bond acceptors (Lipinski definition) is 1. The van der Waals surface area contributed by atoms with E-state index >= 15 is 0 Å². The predicted molar refractivity (Wildman–Crippen MR) is 70.8 cm³/mol. The fourth-order valence-corrected chi connectivity index (χ4v) is 2.14. The molecule has 0 aliphatic rings. The van der Waals surface area contributed by atoms with Crippen molar-refractivity contribution in [3.05, 3.63) is 48.0 Å². The number of likely N-dealkylation sites (N-methyl/N-ethyl adjacent to an activating group) is 1. The fraction of sp³-hybridized carbons (Fsp3) is 0.333. The van der Waals surface area contributed by atoms with Crippen molar-refractivity contribution in [1.29, 1.82) is 0 Å².